The molecule has 0 aromatic heterocycles. The van der Waals surface area contributed by atoms with Gasteiger partial charge in [-0.05, 0) is 18.2 Å². The number of hydrogen-bond donors (Lipinski definition) is 2. The molecule has 5 nitrogen and oxygen atoms in total. The molecule has 0 unspecified atom stereocenters. The van der Waals surface area contributed by atoms with Crippen LogP contribution in [0.3, 0.4) is 0 Å². The lowest BCUT2D eigenvalue weighted by molar-refractivity contribution is 0.468. The first-order chi connectivity index (χ1) is 8.25. The predicted octanol–water partition coefficient (Wildman–Crippen LogP) is 0.911. The third kappa shape index (κ3) is 3.23. The van der Waals surface area contributed by atoms with Crippen molar-refractivity contribution in [2.75, 3.05) is 13.6 Å². The van der Waals surface area contributed by atoms with Crippen molar-refractivity contribution in [3.8, 4) is 0 Å². The van der Waals surface area contributed by atoms with Crippen LogP contribution in [0.2, 0.25) is 0 Å². The molecule has 0 radical (unpaired) electrons. The maximum absolute atomic E-state index is 13.4. The van der Waals surface area contributed by atoms with Gasteiger partial charge in [-0.25, -0.2) is 21.5 Å². The van der Waals surface area contributed by atoms with E-state index in [2.05, 4.69) is 0 Å². The van der Waals surface area contributed by atoms with Gasteiger partial charge < -0.3 is 5.73 Å². The standard InChI is InChI=1S/C10H13F2N3O2S/c1-15(5-4-10(13)14)18(16,17)9-6-7(11)2-3-8(9)12/h2-3,6H,4-5H2,1H3,(H3,13,14). The molecule has 1 rings (SSSR count). The molecule has 0 bridgehead atoms. The first-order valence-corrected chi connectivity index (χ1v) is 6.43. The lowest BCUT2D eigenvalue weighted by Gasteiger charge is -2.17. The van der Waals surface area contributed by atoms with Crippen LogP contribution in [0.1, 0.15) is 6.42 Å². The average molecular weight is 277 g/mol. The van der Waals surface area contributed by atoms with E-state index in [1.807, 2.05) is 0 Å². The highest BCUT2D eigenvalue weighted by molar-refractivity contribution is 7.89. The SMILES string of the molecule is CN(CCC(=N)N)S(=O)(=O)c1cc(F)ccc1F. The number of halogens is 2. The Balaban J connectivity index is 3.05. The smallest absolute Gasteiger partial charge is 0.245 e. The van der Waals surface area contributed by atoms with Crippen molar-refractivity contribution in [1.29, 1.82) is 5.41 Å². The zero-order chi connectivity index (χ0) is 13.9. The fourth-order valence-electron chi connectivity index (χ4n) is 1.24. The molecule has 0 aliphatic rings. The Morgan fingerprint density at radius 1 is 1.44 bits per heavy atom. The molecule has 0 saturated heterocycles. The Kier molecular flexibility index (Phi) is 4.36. The Labute approximate surface area is 104 Å². The molecule has 0 aliphatic heterocycles. The van der Waals surface area contributed by atoms with Gasteiger partial charge in [-0.15, -0.1) is 0 Å². The molecule has 0 amide bonds. The quantitative estimate of drug-likeness (QED) is 0.619. The van der Waals surface area contributed by atoms with E-state index in [4.69, 9.17) is 11.1 Å². The van der Waals surface area contributed by atoms with Crippen LogP contribution in [-0.4, -0.2) is 32.2 Å². The average Bonchev–Trinajstić information content (AvgIpc) is 2.28. The summed E-state index contributed by atoms with van der Waals surface area (Å²) in [4.78, 5) is -0.728. The fourth-order valence-corrected chi connectivity index (χ4v) is 2.48. The fraction of sp³-hybridized carbons (Fsp3) is 0.300. The highest BCUT2D eigenvalue weighted by Crippen LogP contribution is 2.19. The van der Waals surface area contributed by atoms with Crippen molar-refractivity contribution in [1.82, 2.24) is 4.31 Å². The summed E-state index contributed by atoms with van der Waals surface area (Å²) >= 11 is 0. The molecule has 100 valence electrons. The van der Waals surface area contributed by atoms with Crippen LogP contribution >= 0.6 is 0 Å². The molecule has 0 fully saturated rings. The molecule has 0 saturated carbocycles. The van der Waals surface area contributed by atoms with Crippen LogP contribution in [0.4, 0.5) is 8.78 Å². The number of hydrogen-bond acceptors (Lipinski definition) is 3. The van der Waals surface area contributed by atoms with E-state index in [9.17, 15) is 17.2 Å². The second-order valence-corrected chi connectivity index (χ2v) is 5.69. The van der Waals surface area contributed by atoms with Gasteiger partial charge >= 0.3 is 0 Å². The van der Waals surface area contributed by atoms with Crippen LogP contribution in [0.5, 0.6) is 0 Å². The van der Waals surface area contributed by atoms with Crippen molar-refractivity contribution < 1.29 is 17.2 Å². The van der Waals surface area contributed by atoms with Crippen LogP contribution < -0.4 is 5.73 Å². The molecular formula is C10H13F2N3O2S. The summed E-state index contributed by atoms with van der Waals surface area (Å²) in [6, 6.07) is 2.21. The van der Waals surface area contributed by atoms with Crippen LogP contribution in [0.25, 0.3) is 0 Å². The lowest BCUT2D eigenvalue weighted by atomic mass is 10.3. The summed E-state index contributed by atoms with van der Waals surface area (Å²) in [6.45, 7) is -0.0758. The molecule has 3 N–H and O–H groups in total. The number of nitrogens with two attached hydrogens (primary N) is 1. The highest BCUT2D eigenvalue weighted by Gasteiger charge is 2.24. The van der Waals surface area contributed by atoms with Crippen molar-refractivity contribution in [2.45, 2.75) is 11.3 Å². The van der Waals surface area contributed by atoms with Gasteiger partial charge in [0.1, 0.15) is 16.5 Å². The number of rotatable bonds is 5. The number of sulfonamides is 1. The molecule has 0 aliphatic carbocycles. The summed E-state index contributed by atoms with van der Waals surface area (Å²) in [5, 5.41) is 7.00. The van der Waals surface area contributed by atoms with Crippen LogP contribution in [0, 0.1) is 17.0 Å². The number of nitrogens with zero attached hydrogens (tertiary/aromatic N) is 1. The Hall–Kier alpha value is -1.54. The molecule has 1 aromatic carbocycles. The predicted molar refractivity (Wildman–Crippen MR) is 62.7 cm³/mol. The number of nitrogens with one attached hydrogen (secondary N) is 1. The first-order valence-electron chi connectivity index (χ1n) is 4.99. The van der Waals surface area contributed by atoms with E-state index < -0.39 is 26.6 Å². The van der Waals surface area contributed by atoms with Gasteiger partial charge in [-0.2, -0.15) is 0 Å². The van der Waals surface area contributed by atoms with Gasteiger partial charge in [0, 0.05) is 20.0 Å². The molecule has 0 atom stereocenters. The van der Waals surface area contributed by atoms with Gasteiger partial charge in [-0.3, -0.25) is 5.41 Å². The van der Waals surface area contributed by atoms with Crippen molar-refractivity contribution >= 4 is 15.9 Å². The third-order valence-electron chi connectivity index (χ3n) is 2.28. The van der Waals surface area contributed by atoms with E-state index in [1.54, 1.807) is 0 Å². The number of benzene rings is 1. The molecule has 18 heavy (non-hydrogen) atoms. The minimum absolute atomic E-state index is 0.0205. The summed E-state index contributed by atoms with van der Waals surface area (Å²) in [6.07, 6.45) is 0.0205. The maximum Gasteiger partial charge on any atom is 0.245 e. The molecule has 0 spiro atoms. The zero-order valence-electron chi connectivity index (χ0n) is 9.65. The van der Waals surface area contributed by atoms with E-state index in [-0.39, 0.29) is 18.8 Å². The normalized spacial score (nSPS) is 11.8. The van der Waals surface area contributed by atoms with E-state index in [1.165, 1.54) is 7.05 Å². The number of amidine groups is 1. The van der Waals surface area contributed by atoms with Gasteiger partial charge in [-0.1, -0.05) is 0 Å². The van der Waals surface area contributed by atoms with Crippen LogP contribution in [0.15, 0.2) is 23.1 Å². The van der Waals surface area contributed by atoms with Crippen molar-refractivity contribution in [3.05, 3.63) is 29.8 Å². The summed E-state index contributed by atoms with van der Waals surface area (Å²) < 4.78 is 51.0. The van der Waals surface area contributed by atoms with Gasteiger partial charge in [0.15, 0.2) is 0 Å². The third-order valence-corrected chi connectivity index (χ3v) is 4.15. The Bertz CT molecular complexity index is 560. The van der Waals surface area contributed by atoms with Gasteiger partial charge in [0.2, 0.25) is 10.0 Å². The van der Waals surface area contributed by atoms with E-state index in [0.717, 1.165) is 16.4 Å². The Morgan fingerprint density at radius 3 is 2.61 bits per heavy atom. The molecule has 1 aromatic rings. The monoisotopic (exact) mass is 277 g/mol. The molecular weight excluding hydrogens is 264 g/mol. The molecule has 8 heteroatoms. The van der Waals surface area contributed by atoms with E-state index in [0.29, 0.717) is 6.07 Å². The second-order valence-electron chi connectivity index (χ2n) is 3.68. The van der Waals surface area contributed by atoms with Crippen molar-refractivity contribution in [2.24, 2.45) is 5.73 Å². The maximum atomic E-state index is 13.4. The zero-order valence-corrected chi connectivity index (χ0v) is 10.5. The topological polar surface area (TPSA) is 87.2 Å². The first kappa shape index (κ1) is 14.5. The van der Waals surface area contributed by atoms with Gasteiger partial charge in [0.05, 0.1) is 5.84 Å². The summed E-state index contributed by atoms with van der Waals surface area (Å²) in [5.74, 6) is -2.04. The van der Waals surface area contributed by atoms with Gasteiger partial charge in [0.25, 0.3) is 0 Å². The molecule has 0 heterocycles. The largest absolute Gasteiger partial charge is 0.388 e. The van der Waals surface area contributed by atoms with E-state index >= 15 is 0 Å². The van der Waals surface area contributed by atoms with Crippen LogP contribution in [-0.2, 0) is 10.0 Å². The second kappa shape index (κ2) is 5.40. The Morgan fingerprint density at radius 2 is 2.06 bits per heavy atom. The highest BCUT2D eigenvalue weighted by atomic mass is 32.2. The lowest BCUT2D eigenvalue weighted by Crippen LogP contribution is -2.31. The minimum Gasteiger partial charge on any atom is -0.388 e. The summed E-state index contributed by atoms with van der Waals surface area (Å²) in [5.41, 5.74) is 5.10. The minimum atomic E-state index is -4.12. The van der Waals surface area contributed by atoms with Crippen molar-refractivity contribution in [3.63, 3.8) is 0 Å². The summed E-state index contributed by atoms with van der Waals surface area (Å²) in [7, 11) is -2.91.